The van der Waals surface area contributed by atoms with Gasteiger partial charge in [-0.1, -0.05) is 0 Å². The van der Waals surface area contributed by atoms with Gasteiger partial charge in [0.1, 0.15) is 5.75 Å². The van der Waals surface area contributed by atoms with E-state index in [1.165, 1.54) is 0 Å². The van der Waals surface area contributed by atoms with Gasteiger partial charge in [0.25, 0.3) is 0 Å². The van der Waals surface area contributed by atoms with E-state index in [1.807, 2.05) is 24.4 Å². The Morgan fingerprint density at radius 2 is 2.29 bits per heavy atom. The molecule has 0 bridgehead atoms. The van der Waals surface area contributed by atoms with Crippen LogP contribution in [0.1, 0.15) is 15.9 Å². The van der Waals surface area contributed by atoms with Crippen LogP contribution in [0.4, 0.5) is 0 Å². The molecule has 1 aromatic heterocycles. The van der Waals surface area contributed by atoms with Crippen molar-refractivity contribution in [1.82, 2.24) is 0 Å². The monoisotopic (exact) mass is 206 g/mol. The van der Waals surface area contributed by atoms with Gasteiger partial charge in [0.15, 0.2) is 6.29 Å². The fourth-order valence-corrected chi connectivity index (χ4v) is 2.52. The molecule has 0 aliphatic heterocycles. The molecule has 0 saturated carbocycles. The van der Waals surface area contributed by atoms with Crippen LogP contribution in [0.2, 0.25) is 0 Å². The minimum absolute atomic E-state index is 0.744. The van der Waals surface area contributed by atoms with Crippen molar-refractivity contribution in [2.24, 2.45) is 0 Å². The number of fused-ring (bicyclic) bond motifs is 1. The number of ether oxygens (including phenoxy) is 1. The number of hydrogen-bond acceptors (Lipinski definition) is 3. The SMILES string of the molecule is COc1c(C)cc(C=O)c2sccc12. The Balaban J connectivity index is 2.88. The van der Waals surface area contributed by atoms with E-state index < -0.39 is 0 Å². The highest BCUT2D eigenvalue weighted by Crippen LogP contribution is 2.34. The normalized spacial score (nSPS) is 10.4. The Hall–Kier alpha value is -1.35. The zero-order valence-electron chi connectivity index (χ0n) is 8.03. The van der Waals surface area contributed by atoms with E-state index in [9.17, 15) is 4.79 Å². The van der Waals surface area contributed by atoms with Gasteiger partial charge in [-0.05, 0) is 30.0 Å². The summed E-state index contributed by atoms with van der Waals surface area (Å²) in [7, 11) is 1.65. The number of aryl methyl sites for hydroxylation is 1. The topological polar surface area (TPSA) is 26.3 Å². The van der Waals surface area contributed by atoms with Gasteiger partial charge in [-0.3, -0.25) is 4.79 Å². The highest BCUT2D eigenvalue weighted by atomic mass is 32.1. The van der Waals surface area contributed by atoms with Crippen LogP contribution in [0.5, 0.6) is 5.75 Å². The standard InChI is InChI=1S/C11H10O2S/c1-7-5-8(6-12)11-9(3-4-14-11)10(7)13-2/h3-6H,1-2H3. The zero-order valence-corrected chi connectivity index (χ0v) is 8.85. The largest absolute Gasteiger partial charge is 0.496 e. The van der Waals surface area contributed by atoms with Crippen molar-refractivity contribution in [2.75, 3.05) is 7.11 Å². The molecule has 0 fully saturated rings. The van der Waals surface area contributed by atoms with Gasteiger partial charge < -0.3 is 4.74 Å². The summed E-state index contributed by atoms with van der Waals surface area (Å²) in [5.74, 6) is 0.867. The number of benzene rings is 1. The summed E-state index contributed by atoms with van der Waals surface area (Å²) in [6, 6.07) is 3.85. The second-order valence-electron chi connectivity index (χ2n) is 3.10. The van der Waals surface area contributed by atoms with E-state index in [0.29, 0.717) is 0 Å². The first-order chi connectivity index (χ1) is 6.77. The predicted molar refractivity (Wildman–Crippen MR) is 58.5 cm³/mol. The molecule has 2 rings (SSSR count). The summed E-state index contributed by atoms with van der Waals surface area (Å²) in [5.41, 5.74) is 1.74. The lowest BCUT2D eigenvalue weighted by atomic mass is 10.1. The lowest BCUT2D eigenvalue weighted by molar-refractivity contribution is 0.112. The molecule has 72 valence electrons. The maximum atomic E-state index is 10.8. The number of aldehydes is 1. The van der Waals surface area contributed by atoms with Gasteiger partial charge in [-0.15, -0.1) is 11.3 Å². The predicted octanol–water partition coefficient (Wildman–Crippen LogP) is 3.03. The van der Waals surface area contributed by atoms with Gasteiger partial charge in [0.2, 0.25) is 0 Å². The van der Waals surface area contributed by atoms with Gasteiger partial charge in [0.05, 0.1) is 7.11 Å². The van der Waals surface area contributed by atoms with Crippen molar-refractivity contribution >= 4 is 27.7 Å². The molecule has 14 heavy (non-hydrogen) atoms. The molecule has 2 nitrogen and oxygen atoms in total. The first kappa shape index (κ1) is 9.21. The average molecular weight is 206 g/mol. The van der Waals surface area contributed by atoms with Crippen molar-refractivity contribution in [2.45, 2.75) is 6.92 Å². The summed E-state index contributed by atoms with van der Waals surface area (Å²) in [6.45, 7) is 1.95. The van der Waals surface area contributed by atoms with Crippen LogP contribution in [-0.2, 0) is 0 Å². The quantitative estimate of drug-likeness (QED) is 0.706. The molecular weight excluding hydrogens is 196 g/mol. The fraction of sp³-hybridized carbons (Fsp3) is 0.182. The van der Waals surface area contributed by atoms with Crippen molar-refractivity contribution < 1.29 is 9.53 Å². The van der Waals surface area contributed by atoms with Crippen molar-refractivity contribution in [3.63, 3.8) is 0 Å². The second kappa shape index (κ2) is 3.42. The Morgan fingerprint density at radius 3 is 2.93 bits per heavy atom. The van der Waals surface area contributed by atoms with Gasteiger partial charge in [-0.2, -0.15) is 0 Å². The minimum atomic E-state index is 0.744. The Labute approximate surface area is 86.1 Å². The van der Waals surface area contributed by atoms with Crippen LogP contribution in [0.15, 0.2) is 17.5 Å². The molecule has 0 saturated heterocycles. The molecule has 1 heterocycles. The molecule has 0 aliphatic carbocycles. The number of methoxy groups -OCH3 is 1. The molecule has 0 aliphatic rings. The number of carbonyl (C=O) groups excluding carboxylic acids is 1. The molecule has 0 radical (unpaired) electrons. The van der Waals surface area contributed by atoms with E-state index in [1.54, 1.807) is 18.4 Å². The van der Waals surface area contributed by atoms with E-state index in [4.69, 9.17) is 4.74 Å². The third kappa shape index (κ3) is 1.21. The van der Waals surface area contributed by atoms with Crippen LogP contribution in [0.25, 0.3) is 10.1 Å². The van der Waals surface area contributed by atoms with Crippen LogP contribution >= 0.6 is 11.3 Å². The van der Waals surface area contributed by atoms with Gasteiger partial charge in [-0.25, -0.2) is 0 Å². The Bertz CT molecular complexity index is 485. The fourth-order valence-electron chi connectivity index (χ4n) is 1.65. The molecule has 3 heteroatoms. The third-order valence-corrected chi connectivity index (χ3v) is 3.20. The Kier molecular flexibility index (Phi) is 2.25. The molecular formula is C11H10O2S. The molecule has 2 aromatic rings. The Morgan fingerprint density at radius 1 is 1.50 bits per heavy atom. The van der Waals surface area contributed by atoms with Crippen molar-refractivity contribution in [3.8, 4) is 5.75 Å². The first-order valence-corrected chi connectivity index (χ1v) is 5.16. The van der Waals surface area contributed by atoms with Crippen LogP contribution < -0.4 is 4.74 Å². The maximum Gasteiger partial charge on any atom is 0.151 e. The van der Waals surface area contributed by atoms with Crippen LogP contribution in [0.3, 0.4) is 0 Å². The second-order valence-corrected chi connectivity index (χ2v) is 4.01. The number of thiophene rings is 1. The maximum absolute atomic E-state index is 10.8. The van der Waals surface area contributed by atoms with Crippen molar-refractivity contribution in [3.05, 3.63) is 28.6 Å². The smallest absolute Gasteiger partial charge is 0.151 e. The van der Waals surface area contributed by atoms with Crippen LogP contribution in [-0.4, -0.2) is 13.4 Å². The number of carbonyl (C=O) groups is 1. The number of rotatable bonds is 2. The summed E-state index contributed by atoms with van der Waals surface area (Å²) in [6.07, 6.45) is 0.894. The summed E-state index contributed by atoms with van der Waals surface area (Å²) < 4.78 is 6.31. The van der Waals surface area contributed by atoms with E-state index in [-0.39, 0.29) is 0 Å². The first-order valence-electron chi connectivity index (χ1n) is 4.28. The summed E-state index contributed by atoms with van der Waals surface area (Å²) >= 11 is 1.57. The van der Waals surface area contributed by atoms with Gasteiger partial charge >= 0.3 is 0 Å². The minimum Gasteiger partial charge on any atom is -0.496 e. The third-order valence-electron chi connectivity index (χ3n) is 2.23. The number of hydrogen-bond donors (Lipinski definition) is 0. The van der Waals surface area contributed by atoms with E-state index in [0.717, 1.165) is 33.2 Å². The average Bonchev–Trinajstić information content (AvgIpc) is 2.65. The molecule has 0 N–H and O–H groups in total. The molecule has 0 spiro atoms. The van der Waals surface area contributed by atoms with Gasteiger partial charge in [0, 0.05) is 15.6 Å². The lowest BCUT2D eigenvalue weighted by Gasteiger charge is -2.07. The molecule has 0 amide bonds. The van der Waals surface area contributed by atoms with E-state index >= 15 is 0 Å². The van der Waals surface area contributed by atoms with Crippen LogP contribution in [0, 0.1) is 6.92 Å². The molecule has 0 unspecified atom stereocenters. The highest BCUT2D eigenvalue weighted by molar-refractivity contribution is 7.17. The molecule has 0 atom stereocenters. The van der Waals surface area contributed by atoms with Crippen molar-refractivity contribution in [1.29, 1.82) is 0 Å². The zero-order chi connectivity index (χ0) is 10.1. The lowest BCUT2D eigenvalue weighted by Crippen LogP contribution is -1.90. The van der Waals surface area contributed by atoms with E-state index in [2.05, 4.69) is 0 Å². The summed E-state index contributed by atoms with van der Waals surface area (Å²) in [5, 5.41) is 3.00. The highest BCUT2D eigenvalue weighted by Gasteiger charge is 2.10. The molecule has 1 aromatic carbocycles. The summed E-state index contributed by atoms with van der Waals surface area (Å²) in [4.78, 5) is 10.8.